The topological polar surface area (TPSA) is 48.0 Å². The third kappa shape index (κ3) is 4.97. The van der Waals surface area contributed by atoms with Crippen LogP contribution in [0.4, 0.5) is 13.6 Å². The van der Waals surface area contributed by atoms with Gasteiger partial charge < -0.3 is 14.2 Å². The number of nitrogens with zero attached hydrogens (tertiary/aromatic N) is 1. The lowest BCUT2D eigenvalue weighted by atomic mass is 9.90. The zero-order valence-electron chi connectivity index (χ0n) is 16.4. The maximum atomic E-state index is 12.7. The number of carbonyl (C=O) groups is 1. The number of alkyl halides is 2. The number of hydrogen-bond acceptors (Lipinski definition) is 4. The number of ether oxygens (including phenoxy) is 3. The summed E-state index contributed by atoms with van der Waals surface area (Å²) in [6.45, 7) is -1.76. The van der Waals surface area contributed by atoms with Crippen molar-refractivity contribution in [1.82, 2.24) is 4.90 Å². The molecule has 0 saturated carbocycles. The molecule has 2 aliphatic rings. The van der Waals surface area contributed by atoms with E-state index in [1.165, 1.54) is 6.07 Å². The fourth-order valence-electron chi connectivity index (χ4n) is 3.99. The Balaban J connectivity index is 1.42. The highest BCUT2D eigenvalue weighted by atomic mass is 19.3. The van der Waals surface area contributed by atoms with E-state index in [4.69, 9.17) is 9.47 Å². The summed E-state index contributed by atoms with van der Waals surface area (Å²) in [4.78, 5) is 14.5. The summed E-state index contributed by atoms with van der Waals surface area (Å²) < 4.78 is 40.6. The molecule has 5 nitrogen and oxygen atoms in total. The quantitative estimate of drug-likeness (QED) is 0.649. The van der Waals surface area contributed by atoms with Crippen LogP contribution in [-0.4, -0.2) is 42.9 Å². The molecule has 2 unspecified atom stereocenters. The molecule has 1 amide bonds. The van der Waals surface area contributed by atoms with Crippen LogP contribution in [0.5, 0.6) is 5.75 Å². The van der Waals surface area contributed by atoms with E-state index in [1.807, 2.05) is 42.5 Å². The summed E-state index contributed by atoms with van der Waals surface area (Å²) in [5, 5.41) is 0. The lowest BCUT2D eigenvalue weighted by molar-refractivity contribution is -0.0498. The monoisotopic (exact) mass is 415 g/mol. The van der Waals surface area contributed by atoms with Crippen LogP contribution in [-0.2, 0) is 22.5 Å². The van der Waals surface area contributed by atoms with E-state index in [0.29, 0.717) is 26.1 Å². The molecule has 30 heavy (non-hydrogen) atoms. The van der Waals surface area contributed by atoms with Gasteiger partial charge in [-0.3, -0.25) is 4.90 Å². The first kappa shape index (κ1) is 20.3. The van der Waals surface area contributed by atoms with Crippen LogP contribution in [0.25, 0.3) is 0 Å². The molecule has 2 bridgehead atoms. The van der Waals surface area contributed by atoms with Gasteiger partial charge in [0.25, 0.3) is 0 Å². The van der Waals surface area contributed by atoms with Gasteiger partial charge in [-0.25, -0.2) is 4.79 Å². The summed E-state index contributed by atoms with van der Waals surface area (Å²) in [7, 11) is 0. The molecular weight excluding hydrogens is 392 g/mol. The standard InChI is InChI=1S/C23H23F2NO4/c24-22(25)30-21-8-4-7-17(12-21)9-18-10-19-14-28-15-20(11-18)26(19)23(27)29-13-16-5-2-1-3-6-16/h1-8,10,12,19-20,22H,9,11,13-15H2. The van der Waals surface area contributed by atoms with E-state index in [1.54, 1.807) is 17.0 Å². The van der Waals surface area contributed by atoms with Gasteiger partial charge in [0.15, 0.2) is 0 Å². The number of benzene rings is 2. The van der Waals surface area contributed by atoms with E-state index in [2.05, 4.69) is 4.74 Å². The minimum atomic E-state index is -2.85. The second kappa shape index (κ2) is 9.26. The fourth-order valence-corrected chi connectivity index (χ4v) is 3.99. The van der Waals surface area contributed by atoms with Crippen molar-refractivity contribution in [3.63, 3.8) is 0 Å². The maximum Gasteiger partial charge on any atom is 0.411 e. The van der Waals surface area contributed by atoms with E-state index < -0.39 is 6.61 Å². The Hall–Kier alpha value is -2.93. The summed E-state index contributed by atoms with van der Waals surface area (Å²) >= 11 is 0. The molecule has 2 aromatic carbocycles. The lowest BCUT2D eigenvalue weighted by Crippen LogP contribution is -2.56. The molecule has 2 heterocycles. The first-order valence-electron chi connectivity index (χ1n) is 9.88. The molecule has 2 aliphatic heterocycles. The zero-order chi connectivity index (χ0) is 20.9. The van der Waals surface area contributed by atoms with Crippen molar-refractivity contribution in [2.45, 2.75) is 38.1 Å². The van der Waals surface area contributed by atoms with Crippen LogP contribution in [0.2, 0.25) is 0 Å². The van der Waals surface area contributed by atoms with Crippen molar-refractivity contribution in [3.8, 4) is 5.75 Å². The Kier molecular flexibility index (Phi) is 6.28. The molecule has 4 rings (SSSR count). The first-order valence-corrected chi connectivity index (χ1v) is 9.88. The number of morpholine rings is 1. The molecule has 0 spiro atoms. The Labute approximate surface area is 173 Å². The smallest absolute Gasteiger partial charge is 0.411 e. The molecule has 0 aliphatic carbocycles. The van der Waals surface area contributed by atoms with Crippen molar-refractivity contribution >= 4 is 6.09 Å². The second-order valence-electron chi connectivity index (χ2n) is 7.44. The Morgan fingerprint density at radius 2 is 1.90 bits per heavy atom. The van der Waals surface area contributed by atoms with Gasteiger partial charge >= 0.3 is 12.7 Å². The van der Waals surface area contributed by atoms with Crippen LogP contribution >= 0.6 is 0 Å². The molecular formula is C23H23F2NO4. The zero-order valence-corrected chi connectivity index (χ0v) is 16.4. The normalized spacial score (nSPS) is 20.6. The van der Waals surface area contributed by atoms with Crippen LogP contribution < -0.4 is 4.74 Å². The molecule has 7 heteroatoms. The highest BCUT2D eigenvalue weighted by Gasteiger charge is 2.38. The second-order valence-corrected chi connectivity index (χ2v) is 7.44. The van der Waals surface area contributed by atoms with Gasteiger partial charge in [-0.1, -0.05) is 54.1 Å². The molecule has 2 atom stereocenters. The van der Waals surface area contributed by atoms with Crippen molar-refractivity contribution in [3.05, 3.63) is 77.4 Å². The number of rotatable bonds is 6. The van der Waals surface area contributed by atoms with Crippen LogP contribution in [0.1, 0.15) is 17.5 Å². The van der Waals surface area contributed by atoms with Crippen LogP contribution in [0, 0.1) is 0 Å². The van der Waals surface area contributed by atoms with E-state index in [9.17, 15) is 13.6 Å². The van der Waals surface area contributed by atoms with Gasteiger partial charge in [0.1, 0.15) is 12.4 Å². The molecule has 0 radical (unpaired) electrons. The SMILES string of the molecule is O=C(OCc1ccccc1)N1C2C=C(Cc3cccc(OC(F)F)c3)CC1COC2. The maximum absolute atomic E-state index is 12.7. The molecule has 0 aromatic heterocycles. The minimum absolute atomic E-state index is 0.104. The number of carbonyl (C=O) groups excluding carboxylic acids is 1. The van der Waals surface area contributed by atoms with Gasteiger partial charge in [0, 0.05) is 0 Å². The number of amides is 1. The average molecular weight is 415 g/mol. The van der Waals surface area contributed by atoms with E-state index >= 15 is 0 Å². The molecule has 1 fully saturated rings. The fraction of sp³-hybridized carbons (Fsp3) is 0.348. The first-order chi connectivity index (χ1) is 14.6. The highest BCUT2D eigenvalue weighted by molar-refractivity contribution is 5.69. The average Bonchev–Trinajstić information content (AvgIpc) is 2.72. The van der Waals surface area contributed by atoms with E-state index in [0.717, 1.165) is 16.7 Å². The van der Waals surface area contributed by atoms with Gasteiger partial charge in [0.05, 0.1) is 25.3 Å². The van der Waals surface area contributed by atoms with Gasteiger partial charge in [0.2, 0.25) is 0 Å². The summed E-state index contributed by atoms with van der Waals surface area (Å²) in [6, 6.07) is 16.0. The van der Waals surface area contributed by atoms with E-state index in [-0.39, 0.29) is 30.5 Å². The third-order valence-electron chi connectivity index (χ3n) is 5.25. The Bertz CT molecular complexity index is 903. The summed E-state index contributed by atoms with van der Waals surface area (Å²) in [6.07, 6.45) is 2.94. The minimum Gasteiger partial charge on any atom is -0.445 e. The van der Waals surface area contributed by atoms with Crippen molar-refractivity contribution in [2.75, 3.05) is 13.2 Å². The molecule has 0 N–H and O–H groups in total. The van der Waals surface area contributed by atoms with Crippen molar-refractivity contribution < 1.29 is 27.8 Å². The predicted octanol–water partition coefficient (Wildman–Crippen LogP) is 4.57. The highest BCUT2D eigenvalue weighted by Crippen LogP contribution is 2.30. The number of halogens is 2. The van der Waals surface area contributed by atoms with Gasteiger partial charge in [-0.05, 0) is 36.1 Å². The van der Waals surface area contributed by atoms with Gasteiger partial charge in [-0.2, -0.15) is 8.78 Å². The third-order valence-corrected chi connectivity index (χ3v) is 5.25. The summed E-state index contributed by atoms with van der Waals surface area (Å²) in [5.74, 6) is 0.147. The Morgan fingerprint density at radius 1 is 1.10 bits per heavy atom. The lowest BCUT2D eigenvalue weighted by Gasteiger charge is -2.43. The van der Waals surface area contributed by atoms with Crippen molar-refractivity contribution in [2.24, 2.45) is 0 Å². The van der Waals surface area contributed by atoms with Crippen molar-refractivity contribution in [1.29, 1.82) is 0 Å². The van der Waals surface area contributed by atoms with Crippen LogP contribution in [0.3, 0.4) is 0 Å². The largest absolute Gasteiger partial charge is 0.445 e. The molecule has 1 saturated heterocycles. The number of fused-ring (bicyclic) bond motifs is 2. The Morgan fingerprint density at radius 3 is 2.67 bits per heavy atom. The van der Waals surface area contributed by atoms with Gasteiger partial charge in [-0.15, -0.1) is 0 Å². The van der Waals surface area contributed by atoms with Crippen LogP contribution in [0.15, 0.2) is 66.2 Å². The molecule has 158 valence electrons. The predicted molar refractivity (Wildman–Crippen MR) is 106 cm³/mol. The summed E-state index contributed by atoms with van der Waals surface area (Å²) in [5.41, 5.74) is 2.97. The number of hydrogen-bond donors (Lipinski definition) is 0. The molecule has 2 aromatic rings.